The third-order valence-electron chi connectivity index (χ3n) is 0. The molecule has 0 aromatic carbocycles. The van der Waals surface area contributed by atoms with Crippen molar-refractivity contribution in [2.24, 2.45) is 0 Å². The SMILES string of the molecule is B.[Cr].[Ni].[SeH2]. The second kappa shape index (κ2) is 23.2. The van der Waals surface area contributed by atoms with Gasteiger partial charge in [-0.3, -0.25) is 0 Å². The van der Waals surface area contributed by atoms with Gasteiger partial charge in [0.2, 0.25) is 0 Å². The summed E-state index contributed by atoms with van der Waals surface area (Å²) in [5, 5.41) is 0. The molecule has 0 nitrogen and oxygen atoms in total. The van der Waals surface area contributed by atoms with Crippen LogP contribution in [0.4, 0.5) is 0 Å². The van der Waals surface area contributed by atoms with Gasteiger partial charge in [0.1, 0.15) is 0 Å². The van der Waals surface area contributed by atoms with Crippen LogP contribution < -0.4 is 0 Å². The summed E-state index contributed by atoms with van der Waals surface area (Å²) in [6, 6.07) is 0. The van der Waals surface area contributed by atoms with Crippen LogP contribution in [0.5, 0.6) is 0 Å². The van der Waals surface area contributed by atoms with Crippen LogP contribution in [0.15, 0.2) is 0 Å². The van der Waals surface area contributed by atoms with Gasteiger partial charge in [-0.2, -0.15) is 0 Å². The van der Waals surface area contributed by atoms with Crippen LogP contribution in [0.2, 0.25) is 0 Å². The third-order valence-corrected chi connectivity index (χ3v) is 0. The summed E-state index contributed by atoms with van der Waals surface area (Å²) in [6.45, 7) is 0. The van der Waals surface area contributed by atoms with Crippen molar-refractivity contribution in [1.82, 2.24) is 0 Å². The minimum atomic E-state index is 0. The summed E-state index contributed by atoms with van der Waals surface area (Å²) in [5.41, 5.74) is 0. The van der Waals surface area contributed by atoms with E-state index in [1.54, 1.807) is 0 Å². The van der Waals surface area contributed by atoms with E-state index in [4.69, 9.17) is 0 Å². The van der Waals surface area contributed by atoms with Crippen molar-refractivity contribution < 1.29 is 33.9 Å². The molecule has 0 saturated carbocycles. The van der Waals surface area contributed by atoms with Crippen LogP contribution in [-0.4, -0.2) is 25.5 Å². The van der Waals surface area contributed by atoms with Gasteiger partial charge in [-0.15, -0.1) is 0 Å². The molecule has 0 rings (SSSR count). The van der Waals surface area contributed by atoms with Gasteiger partial charge in [-0.1, -0.05) is 0 Å². The summed E-state index contributed by atoms with van der Waals surface area (Å²) < 4.78 is 0. The predicted octanol–water partition coefficient (Wildman–Crippen LogP) is -2.11. The Bertz CT molecular complexity index is 8.00. The van der Waals surface area contributed by atoms with Crippen molar-refractivity contribution in [3.05, 3.63) is 0 Å². The van der Waals surface area contributed by atoms with E-state index >= 15 is 0 Å². The molecule has 0 N–H and O–H groups in total. The molecule has 0 amide bonds. The normalized spacial score (nSPS) is 0. The molecule has 0 atom stereocenters. The van der Waals surface area contributed by atoms with E-state index in [2.05, 4.69) is 0 Å². The van der Waals surface area contributed by atoms with Crippen LogP contribution in [-0.2, 0) is 33.9 Å². The van der Waals surface area contributed by atoms with Crippen molar-refractivity contribution in [2.45, 2.75) is 0 Å². The Hall–Kier alpha value is 1.61. The second-order valence-corrected chi connectivity index (χ2v) is 0. The first kappa shape index (κ1) is 46.0. The van der Waals surface area contributed by atoms with Gasteiger partial charge in [0.25, 0.3) is 0 Å². The van der Waals surface area contributed by atoms with Crippen molar-refractivity contribution in [1.29, 1.82) is 0 Å². The summed E-state index contributed by atoms with van der Waals surface area (Å²) in [7, 11) is 0. The Morgan fingerprint density at radius 1 is 1.00 bits per heavy atom. The van der Waals surface area contributed by atoms with Gasteiger partial charge in [0.05, 0.1) is 8.41 Å². The Morgan fingerprint density at radius 2 is 1.00 bits per heavy atom. The molecule has 0 aromatic rings. The van der Waals surface area contributed by atoms with Crippen molar-refractivity contribution in [2.75, 3.05) is 0 Å². The van der Waals surface area contributed by atoms with Crippen LogP contribution in [0.1, 0.15) is 0 Å². The maximum absolute atomic E-state index is 0. The second-order valence-electron chi connectivity index (χ2n) is 0. The zero-order valence-corrected chi connectivity index (χ0v) is 5.59. The number of hydrogen-bond acceptors (Lipinski definition) is 0. The summed E-state index contributed by atoms with van der Waals surface area (Å²) in [5.74, 6) is 0. The van der Waals surface area contributed by atoms with E-state index in [0.29, 0.717) is 0 Å². The zero-order valence-electron chi connectivity index (χ0n) is 1.22. The van der Waals surface area contributed by atoms with Gasteiger partial charge < -0.3 is 0 Å². The van der Waals surface area contributed by atoms with Crippen LogP contribution >= 0.6 is 0 Å². The van der Waals surface area contributed by atoms with Crippen molar-refractivity contribution in [3.63, 3.8) is 0 Å². The summed E-state index contributed by atoms with van der Waals surface area (Å²) in [4.78, 5) is 0. The predicted molar refractivity (Wildman–Crippen MR) is 18.5 cm³/mol. The number of hydrogen-bond donors (Lipinski definition) is 0. The molecule has 0 aliphatic rings. The average Bonchev–Trinajstić information content (AvgIpc) is 0. The Kier molecular flexibility index (Phi) is 266. The molecule has 0 heterocycles. The standard InChI is InChI=1S/BH3.Cr.Ni.H2Se/h1H3;;;1H2. The van der Waals surface area contributed by atoms with Gasteiger partial charge >= 0.3 is 17.1 Å². The molecule has 4 heteroatoms. The first-order valence-corrected chi connectivity index (χ1v) is 0. The maximum atomic E-state index is 0. The molecule has 0 unspecified atom stereocenters. The molecule has 0 fully saturated rings. The van der Waals surface area contributed by atoms with Crippen molar-refractivity contribution in [3.8, 4) is 0 Å². The van der Waals surface area contributed by atoms with Crippen LogP contribution in [0, 0.1) is 0 Å². The first-order valence-electron chi connectivity index (χ1n) is 0. The minimum absolute atomic E-state index is 0. The fourth-order valence-corrected chi connectivity index (χ4v) is 0. The average molecular weight is 206 g/mol. The van der Waals surface area contributed by atoms with Gasteiger partial charge in [-0.25, -0.2) is 0 Å². The molecule has 0 bridgehead atoms. The van der Waals surface area contributed by atoms with E-state index in [1.165, 1.54) is 0 Å². The Labute approximate surface area is 59.2 Å². The fourth-order valence-electron chi connectivity index (χ4n) is 0. The van der Waals surface area contributed by atoms with E-state index in [0.717, 1.165) is 0 Å². The molecule has 30 valence electrons. The van der Waals surface area contributed by atoms with E-state index in [9.17, 15) is 0 Å². The molecular formula is H5BCrNiSe. The molecule has 4 heavy (non-hydrogen) atoms. The van der Waals surface area contributed by atoms with Crippen LogP contribution in [0.25, 0.3) is 0 Å². The summed E-state index contributed by atoms with van der Waals surface area (Å²) >= 11 is 0. The molecule has 0 aliphatic carbocycles. The zero-order chi connectivity index (χ0) is 0. The fraction of sp³-hybridized carbons (Fsp3) is 0. The Balaban J connectivity index is 0. The molecule has 0 radical (unpaired) electrons. The van der Waals surface area contributed by atoms with Gasteiger partial charge in [0, 0.05) is 33.9 Å². The van der Waals surface area contributed by atoms with E-state index in [-0.39, 0.29) is 59.3 Å². The van der Waals surface area contributed by atoms with Crippen molar-refractivity contribution >= 4 is 25.5 Å². The topological polar surface area (TPSA) is 0 Å². The Morgan fingerprint density at radius 3 is 1.00 bits per heavy atom. The van der Waals surface area contributed by atoms with Gasteiger partial charge in [0.15, 0.2) is 0 Å². The monoisotopic (exact) mass is 206 g/mol. The third kappa shape index (κ3) is 9.49. The molecular weight excluding hydrogens is 200 g/mol. The molecule has 0 aliphatic heterocycles. The van der Waals surface area contributed by atoms with E-state index < -0.39 is 0 Å². The number of rotatable bonds is 0. The first-order chi connectivity index (χ1) is 0. The van der Waals surface area contributed by atoms with Gasteiger partial charge in [-0.05, 0) is 0 Å². The molecule has 0 spiro atoms. The molecule has 0 saturated heterocycles. The van der Waals surface area contributed by atoms with Crippen LogP contribution in [0.3, 0.4) is 0 Å². The summed E-state index contributed by atoms with van der Waals surface area (Å²) in [6.07, 6.45) is 0. The van der Waals surface area contributed by atoms with E-state index in [1.807, 2.05) is 0 Å². The quantitative estimate of drug-likeness (QED) is 0.398. The molecule has 0 aromatic heterocycles.